The molecule has 1 saturated heterocycles. The number of nitrogens with zero attached hydrogens (tertiary/aromatic N) is 1. The van der Waals surface area contributed by atoms with E-state index in [9.17, 15) is 8.42 Å². The van der Waals surface area contributed by atoms with Crippen LogP contribution in [0, 0.1) is 0 Å². The van der Waals surface area contributed by atoms with Crippen LogP contribution in [0.5, 0.6) is 0 Å². The highest BCUT2D eigenvalue weighted by atomic mass is 32.2. The third-order valence-electron chi connectivity index (χ3n) is 3.47. The Morgan fingerprint density at radius 1 is 1.16 bits per heavy atom. The zero-order valence-corrected chi connectivity index (χ0v) is 12.2. The van der Waals surface area contributed by atoms with Gasteiger partial charge in [-0.2, -0.15) is 0 Å². The third-order valence-corrected chi connectivity index (χ3v) is 4.78. The van der Waals surface area contributed by atoms with Crippen LogP contribution in [0.2, 0.25) is 0 Å². The Balaban J connectivity index is 2.14. The van der Waals surface area contributed by atoms with E-state index in [0.717, 1.165) is 18.8 Å². The summed E-state index contributed by atoms with van der Waals surface area (Å²) in [6, 6.07) is 7.69. The zero-order valence-electron chi connectivity index (χ0n) is 11.4. The molecule has 19 heavy (non-hydrogen) atoms. The fourth-order valence-corrected chi connectivity index (χ4v) is 2.98. The van der Waals surface area contributed by atoms with Crippen molar-refractivity contribution in [2.75, 3.05) is 28.5 Å². The lowest BCUT2D eigenvalue weighted by Crippen LogP contribution is -2.24. The average Bonchev–Trinajstić information content (AvgIpc) is 2.67. The molecule has 106 valence electrons. The van der Waals surface area contributed by atoms with Crippen LogP contribution in [0.25, 0.3) is 0 Å². The van der Waals surface area contributed by atoms with Crippen molar-refractivity contribution < 1.29 is 8.42 Å². The minimum Gasteiger partial charge on any atom is -0.371 e. The van der Waals surface area contributed by atoms with E-state index < -0.39 is 10.0 Å². The minimum absolute atomic E-state index is 0.0982. The fourth-order valence-electron chi connectivity index (χ4n) is 2.35. The molecule has 1 heterocycles. The highest BCUT2D eigenvalue weighted by molar-refractivity contribution is 7.92. The van der Waals surface area contributed by atoms with E-state index in [1.165, 1.54) is 25.7 Å². The quantitative estimate of drug-likeness (QED) is 0.924. The molecule has 1 aromatic rings. The van der Waals surface area contributed by atoms with E-state index in [1.807, 2.05) is 12.1 Å². The molecule has 4 nitrogen and oxygen atoms in total. The molecule has 0 aromatic heterocycles. The lowest BCUT2D eigenvalue weighted by Gasteiger charge is -2.23. The predicted octanol–water partition coefficient (Wildman–Crippen LogP) is 2.83. The van der Waals surface area contributed by atoms with Crippen molar-refractivity contribution in [3.05, 3.63) is 24.3 Å². The molecule has 1 aliphatic rings. The van der Waals surface area contributed by atoms with Crippen molar-refractivity contribution in [3.63, 3.8) is 0 Å². The van der Waals surface area contributed by atoms with Crippen LogP contribution in [0.3, 0.4) is 0 Å². The van der Waals surface area contributed by atoms with Crippen LogP contribution in [0.1, 0.15) is 32.6 Å². The normalized spacial score (nSPS) is 17.0. The molecular weight excluding hydrogens is 260 g/mol. The summed E-state index contributed by atoms with van der Waals surface area (Å²) in [7, 11) is -3.20. The van der Waals surface area contributed by atoms with E-state index in [-0.39, 0.29) is 5.75 Å². The van der Waals surface area contributed by atoms with Crippen LogP contribution in [-0.4, -0.2) is 27.3 Å². The molecule has 1 aromatic carbocycles. The van der Waals surface area contributed by atoms with Gasteiger partial charge in [-0.3, -0.25) is 4.72 Å². The van der Waals surface area contributed by atoms with Gasteiger partial charge < -0.3 is 4.90 Å². The molecule has 0 unspecified atom stereocenters. The first-order valence-corrected chi connectivity index (χ1v) is 8.61. The maximum Gasteiger partial charge on any atom is 0.232 e. The number of rotatable bonds is 4. The smallest absolute Gasteiger partial charge is 0.232 e. The first-order chi connectivity index (χ1) is 9.11. The average molecular weight is 282 g/mol. The number of sulfonamides is 1. The Kier molecular flexibility index (Phi) is 4.69. The van der Waals surface area contributed by atoms with Gasteiger partial charge in [0.15, 0.2) is 0 Å². The Bertz CT molecular complexity index is 506. The van der Waals surface area contributed by atoms with Crippen LogP contribution >= 0.6 is 0 Å². The minimum atomic E-state index is -3.20. The molecule has 0 bridgehead atoms. The van der Waals surface area contributed by atoms with Crippen molar-refractivity contribution in [3.8, 4) is 0 Å². The number of benzene rings is 1. The Labute approximate surface area is 115 Å². The van der Waals surface area contributed by atoms with Crippen molar-refractivity contribution in [1.29, 1.82) is 0 Å². The highest BCUT2D eigenvalue weighted by Crippen LogP contribution is 2.23. The van der Waals surface area contributed by atoms with E-state index in [0.29, 0.717) is 5.69 Å². The largest absolute Gasteiger partial charge is 0.371 e. The molecule has 0 aliphatic carbocycles. The van der Waals surface area contributed by atoms with Crippen LogP contribution in [0.15, 0.2) is 24.3 Å². The van der Waals surface area contributed by atoms with Crippen molar-refractivity contribution in [1.82, 2.24) is 0 Å². The van der Waals surface area contributed by atoms with E-state index in [4.69, 9.17) is 0 Å². The van der Waals surface area contributed by atoms with E-state index in [1.54, 1.807) is 13.0 Å². The zero-order chi connectivity index (χ0) is 13.7. The van der Waals surface area contributed by atoms with Crippen LogP contribution in [0.4, 0.5) is 11.4 Å². The molecule has 0 saturated carbocycles. The molecule has 0 atom stereocenters. The molecule has 1 aliphatic heterocycles. The number of anilines is 2. The topological polar surface area (TPSA) is 49.4 Å². The molecule has 0 amide bonds. The fraction of sp³-hybridized carbons (Fsp3) is 0.571. The van der Waals surface area contributed by atoms with Gasteiger partial charge in [0.1, 0.15) is 0 Å². The summed E-state index contributed by atoms with van der Waals surface area (Å²) in [5, 5.41) is 0. The maximum atomic E-state index is 11.6. The molecule has 1 fully saturated rings. The van der Waals surface area contributed by atoms with Gasteiger partial charge in [-0.05, 0) is 38.0 Å². The highest BCUT2D eigenvalue weighted by Gasteiger charge is 2.12. The summed E-state index contributed by atoms with van der Waals surface area (Å²) in [4.78, 5) is 2.34. The summed E-state index contributed by atoms with van der Waals surface area (Å²) in [6.45, 7) is 3.76. The second kappa shape index (κ2) is 6.28. The predicted molar refractivity (Wildman–Crippen MR) is 80.2 cm³/mol. The lowest BCUT2D eigenvalue weighted by molar-refractivity contribution is 0.602. The van der Waals surface area contributed by atoms with Crippen molar-refractivity contribution >= 4 is 21.4 Å². The first-order valence-electron chi connectivity index (χ1n) is 6.96. The van der Waals surface area contributed by atoms with Gasteiger partial charge in [0.25, 0.3) is 0 Å². The van der Waals surface area contributed by atoms with Crippen LogP contribution < -0.4 is 9.62 Å². The maximum absolute atomic E-state index is 11.6. The van der Waals surface area contributed by atoms with Gasteiger partial charge in [0.2, 0.25) is 10.0 Å². The van der Waals surface area contributed by atoms with Gasteiger partial charge >= 0.3 is 0 Å². The number of nitrogens with one attached hydrogen (secondary N) is 1. The molecule has 0 radical (unpaired) electrons. The lowest BCUT2D eigenvalue weighted by atomic mass is 10.2. The van der Waals surface area contributed by atoms with Gasteiger partial charge in [-0.25, -0.2) is 8.42 Å². The van der Waals surface area contributed by atoms with Gasteiger partial charge in [0, 0.05) is 18.8 Å². The van der Waals surface area contributed by atoms with E-state index in [2.05, 4.69) is 15.7 Å². The molecule has 5 heteroatoms. The van der Waals surface area contributed by atoms with Crippen molar-refractivity contribution in [2.45, 2.75) is 32.6 Å². The van der Waals surface area contributed by atoms with Gasteiger partial charge in [-0.1, -0.05) is 18.9 Å². The molecular formula is C14H22N2O2S. The monoisotopic (exact) mass is 282 g/mol. The summed E-state index contributed by atoms with van der Waals surface area (Å²) < 4.78 is 25.8. The second-order valence-corrected chi connectivity index (χ2v) is 6.97. The van der Waals surface area contributed by atoms with E-state index >= 15 is 0 Å². The van der Waals surface area contributed by atoms with Gasteiger partial charge in [-0.15, -0.1) is 0 Å². The van der Waals surface area contributed by atoms with Crippen molar-refractivity contribution in [2.24, 2.45) is 0 Å². The molecule has 1 N–H and O–H groups in total. The Hall–Kier alpha value is -1.23. The number of hydrogen-bond donors (Lipinski definition) is 1. The summed E-state index contributed by atoms with van der Waals surface area (Å²) in [6.07, 6.45) is 5.01. The summed E-state index contributed by atoms with van der Waals surface area (Å²) in [5.74, 6) is 0.0982. The first kappa shape index (κ1) is 14.2. The third kappa shape index (κ3) is 4.13. The second-order valence-electron chi connectivity index (χ2n) is 4.96. The van der Waals surface area contributed by atoms with Crippen LogP contribution in [-0.2, 0) is 10.0 Å². The Morgan fingerprint density at radius 3 is 2.47 bits per heavy atom. The standard InChI is InChI=1S/C14H22N2O2S/c1-2-19(17,18)15-13-8-7-9-14(12-13)16-10-5-3-4-6-11-16/h7-9,12,15H,2-6,10-11H2,1H3. The summed E-state index contributed by atoms with van der Waals surface area (Å²) in [5.41, 5.74) is 1.77. The Morgan fingerprint density at radius 2 is 1.84 bits per heavy atom. The number of hydrogen-bond acceptors (Lipinski definition) is 3. The van der Waals surface area contributed by atoms with Gasteiger partial charge in [0.05, 0.1) is 11.4 Å². The molecule has 2 rings (SSSR count). The SMILES string of the molecule is CCS(=O)(=O)Nc1cccc(N2CCCCCC2)c1. The molecule has 0 spiro atoms. The summed E-state index contributed by atoms with van der Waals surface area (Å²) >= 11 is 0.